The van der Waals surface area contributed by atoms with Crippen LogP contribution in [0.25, 0.3) is 0 Å². The maximum absolute atomic E-state index is 12.3. The number of carboxylic acid groups (broad SMARTS) is 1. The molecule has 1 aromatic rings. The summed E-state index contributed by atoms with van der Waals surface area (Å²) < 4.78 is 0. The van der Waals surface area contributed by atoms with Crippen molar-refractivity contribution >= 4 is 35.2 Å². The fraction of sp³-hybridized carbons (Fsp3) is 0.400. The molecule has 116 valence electrons. The number of likely N-dealkylation sites (tertiary alicyclic amines) is 1. The zero-order chi connectivity index (χ0) is 15.7. The minimum absolute atomic E-state index is 0.0944. The Morgan fingerprint density at radius 1 is 1.36 bits per heavy atom. The molecular formula is C15H16N2O4S. The number of rotatable bonds is 3. The number of carbonyl (C=O) groups excluding carboxylic acids is 2. The van der Waals surface area contributed by atoms with Crippen LogP contribution in [0.2, 0.25) is 0 Å². The molecule has 2 N–H and O–H groups in total. The Bertz CT molecular complexity index is 634. The van der Waals surface area contributed by atoms with Gasteiger partial charge in [0.15, 0.2) is 0 Å². The minimum atomic E-state index is -0.867. The van der Waals surface area contributed by atoms with Gasteiger partial charge in [0.25, 0.3) is 0 Å². The highest BCUT2D eigenvalue weighted by atomic mass is 32.2. The van der Waals surface area contributed by atoms with E-state index in [0.29, 0.717) is 13.0 Å². The predicted octanol–water partition coefficient (Wildman–Crippen LogP) is 1.42. The Balaban J connectivity index is 1.63. The summed E-state index contributed by atoms with van der Waals surface area (Å²) in [7, 11) is 0. The van der Waals surface area contributed by atoms with Crippen LogP contribution in [0.1, 0.15) is 12.8 Å². The molecule has 0 aliphatic carbocycles. The summed E-state index contributed by atoms with van der Waals surface area (Å²) in [6.45, 7) is 0.690. The third kappa shape index (κ3) is 2.94. The van der Waals surface area contributed by atoms with Crippen LogP contribution in [0.5, 0.6) is 0 Å². The second-order valence-corrected chi connectivity index (χ2v) is 6.70. The standard InChI is InChI=1S/C15H16N2O4S/c18-13(17-6-5-9(8-17)15(20)21)7-12-14(19)16-10-3-1-2-4-11(10)22-12/h1-4,9,12H,5-8H2,(H,16,19)(H,20,21)/t9-,12+/m0/s1. The topological polar surface area (TPSA) is 86.7 Å². The summed E-state index contributed by atoms with van der Waals surface area (Å²) in [6, 6.07) is 7.48. The van der Waals surface area contributed by atoms with E-state index in [-0.39, 0.29) is 24.8 Å². The average molecular weight is 320 g/mol. The van der Waals surface area contributed by atoms with Crippen molar-refractivity contribution in [3.05, 3.63) is 24.3 Å². The number of fused-ring (bicyclic) bond motifs is 1. The van der Waals surface area contributed by atoms with Crippen LogP contribution in [0, 0.1) is 5.92 Å². The number of carboxylic acids is 1. The summed E-state index contributed by atoms with van der Waals surface area (Å²) >= 11 is 1.38. The van der Waals surface area contributed by atoms with Crippen LogP contribution < -0.4 is 5.32 Å². The van der Waals surface area contributed by atoms with E-state index in [4.69, 9.17) is 5.11 Å². The minimum Gasteiger partial charge on any atom is -0.481 e. The summed E-state index contributed by atoms with van der Waals surface area (Å²) in [4.78, 5) is 37.8. The Morgan fingerprint density at radius 2 is 2.14 bits per heavy atom. The first-order valence-corrected chi connectivity index (χ1v) is 7.99. The van der Waals surface area contributed by atoms with Crippen LogP contribution in [-0.4, -0.2) is 46.1 Å². The van der Waals surface area contributed by atoms with E-state index in [1.807, 2.05) is 24.3 Å². The number of benzene rings is 1. The quantitative estimate of drug-likeness (QED) is 0.879. The number of anilines is 1. The molecule has 1 fully saturated rings. The maximum atomic E-state index is 12.3. The fourth-order valence-electron chi connectivity index (χ4n) is 2.70. The van der Waals surface area contributed by atoms with Gasteiger partial charge in [0.1, 0.15) is 0 Å². The number of amides is 2. The van der Waals surface area contributed by atoms with Gasteiger partial charge in [-0.3, -0.25) is 14.4 Å². The van der Waals surface area contributed by atoms with Crippen molar-refractivity contribution in [2.45, 2.75) is 23.0 Å². The third-order valence-electron chi connectivity index (χ3n) is 3.96. The van der Waals surface area contributed by atoms with E-state index < -0.39 is 17.1 Å². The van der Waals surface area contributed by atoms with Crippen LogP contribution in [0.3, 0.4) is 0 Å². The van der Waals surface area contributed by atoms with Crippen LogP contribution in [0.4, 0.5) is 5.69 Å². The second kappa shape index (κ2) is 6.00. The molecule has 2 amide bonds. The van der Waals surface area contributed by atoms with E-state index in [2.05, 4.69) is 5.32 Å². The van der Waals surface area contributed by atoms with Gasteiger partial charge in [-0.1, -0.05) is 12.1 Å². The molecule has 0 saturated carbocycles. The third-order valence-corrected chi connectivity index (χ3v) is 5.23. The molecule has 0 aromatic heterocycles. The van der Waals surface area contributed by atoms with E-state index in [1.54, 1.807) is 4.90 Å². The molecule has 22 heavy (non-hydrogen) atoms. The SMILES string of the molecule is O=C(O)[C@H]1CCN(C(=O)C[C@H]2Sc3ccccc3NC2=O)C1. The van der Waals surface area contributed by atoms with E-state index >= 15 is 0 Å². The lowest BCUT2D eigenvalue weighted by Crippen LogP contribution is -2.36. The Morgan fingerprint density at radius 3 is 2.86 bits per heavy atom. The molecule has 0 radical (unpaired) electrons. The van der Waals surface area contributed by atoms with Crippen molar-refractivity contribution in [3.8, 4) is 0 Å². The summed E-state index contributed by atoms with van der Waals surface area (Å²) in [5.41, 5.74) is 0.772. The first kappa shape index (κ1) is 14.9. The highest BCUT2D eigenvalue weighted by Crippen LogP contribution is 2.37. The summed E-state index contributed by atoms with van der Waals surface area (Å²) in [6.07, 6.45) is 0.574. The molecule has 0 spiro atoms. The van der Waals surface area contributed by atoms with Crippen molar-refractivity contribution in [1.29, 1.82) is 0 Å². The van der Waals surface area contributed by atoms with Gasteiger partial charge in [-0.05, 0) is 18.6 Å². The van der Waals surface area contributed by atoms with Crippen molar-refractivity contribution < 1.29 is 19.5 Å². The molecule has 6 nitrogen and oxygen atoms in total. The molecule has 0 unspecified atom stereocenters. The van der Waals surface area contributed by atoms with Crippen molar-refractivity contribution in [2.75, 3.05) is 18.4 Å². The molecule has 7 heteroatoms. The lowest BCUT2D eigenvalue weighted by atomic mass is 10.1. The molecule has 1 aromatic carbocycles. The van der Waals surface area contributed by atoms with Gasteiger partial charge in [-0.15, -0.1) is 11.8 Å². The zero-order valence-corrected chi connectivity index (χ0v) is 12.6. The largest absolute Gasteiger partial charge is 0.481 e. The normalized spacial score (nSPS) is 23.8. The first-order chi connectivity index (χ1) is 10.5. The maximum Gasteiger partial charge on any atom is 0.308 e. The van der Waals surface area contributed by atoms with Gasteiger partial charge in [0.05, 0.1) is 16.9 Å². The van der Waals surface area contributed by atoms with Gasteiger partial charge in [-0.2, -0.15) is 0 Å². The molecule has 3 rings (SSSR count). The lowest BCUT2D eigenvalue weighted by Gasteiger charge is -2.25. The number of carbonyl (C=O) groups is 3. The van der Waals surface area contributed by atoms with Crippen molar-refractivity contribution in [3.63, 3.8) is 0 Å². The van der Waals surface area contributed by atoms with E-state index in [9.17, 15) is 14.4 Å². The van der Waals surface area contributed by atoms with Gasteiger partial charge >= 0.3 is 5.97 Å². The Hall–Kier alpha value is -2.02. The summed E-state index contributed by atoms with van der Waals surface area (Å²) in [5.74, 6) is -1.69. The molecule has 2 heterocycles. The number of hydrogen-bond acceptors (Lipinski definition) is 4. The fourth-order valence-corrected chi connectivity index (χ4v) is 3.80. The molecule has 1 saturated heterocycles. The van der Waals surface area contributed by atoms with Gasteiger partial charge in [0, 0.05) is 24.4 Å². The van der Waals surface area contributed by atoms with Crippen LogP contribution >= 0.6 is 11.8 Å². The molecular weight excluding hydrogens is 304 g/mol. The Kier molecular flexibility index (Phi) is 4.06. The smallest absolute Gasteiger partial charge is 0.308 e. The number of nitrogens with zero attached hydrogens (tertiary/aromatic N) is 1. The molecule has 2 atom stereocenters. The predicted molar refractivity (Wildman–Crippen MR) is 81.7 cm³/mol. The number of thioether (sulfide) groups is 1. The molecule has 0 bridgehead atoms. The van der Waals surface area contributed by atoms with E-state index in [1.165, 1.54) is 11.8 Å². The van der Waals surface area contributed by atoms with Gasteiger partial charge in [0.2, 0.25) is 11.8 Å². The molecule has 2 aliphatic heterocycles. The van der Waals surface area contributed by atoms with Crippen LogP contribution in [0.15, 0.2) is 29.2 Å². The highest BCUT2D eigenvalue weighted by Gasteiger charge is 2.34. The van der Waals surface area contributed by atoms with Gasteiger partial charge < -0.3 is 15.3 Å². The molecule has 2 aliphatic rings. The van der Waals surface area contributed by atoms with Crippen molar-refractivity contribution in [2.24, 2.45) is 5.92 Å². The van der Waals surface area contributed by atoms with Crippen molar-refractivity contribution in [1.82, 2.24) is 4.90 Å². The summed E-state index contributed by atoms with van der Waals surface area (Å²) in [5, 5.41) is 11.3. The Labute approximate surface area is 131 Å². The number of para-hydroxylation sites is 1. The number of nitrogens with one attached hydrogen (secondary N) is 1. The lowest BCUT2D eigenvalue weighted by molar-refractivity contribution is -0.141. The monoisotopic (exact) mass is 320 g/mol. The zero-order valence-electron chi connectivity index (χ0n) is 11.8. The average Bonchev–Trinajstić information content (AvgIpc) is 2.98. The highest BCUT2D eigenvalue weighted by molar-refractivity contribution is 8.01. The van der Waals surface area contributed by atoms with E-state index in [0.717, 1.165) is 10.6 Å². The first-order valence-electron chi connectivity index (χ1n) is 7.11. The second-order valence-electron chi connectivity index (χ2n) is 5.46. The number of hydrogen-bond donors (Lipinski definition) is 2. The van der Waals surface area contributed by atoms with Crippen LogP contribution in [-0.2, 0) is 14.4 Å². The van der Waals surface area contributed by atoms with Gasteiger partial charge in [-0.25, -0.2) is 0 Å². The number of aliphatic carboxylic acids is 1.